The van der Waals surface area contributed by atoms with Gasteiger partial charge in [0.1, 0.15) is 5.76 Å². The molecule has 0 spiro atoms. The van der Waals surface area contributed by atoms with Gasteiger partial charge < -0.3 is 29.4 Å². The van der Waals surface area contributed by atoms with Crippen LogP contribution in [0.15, 0.2) is 77.1 Å². The van der Waals surface area contributed by atoms with Gasteiger partial charge in [-0.05, 0) is 48.5 Å². The van der Waals surface area contributed by atoms with Crippen LogP contribution in [0.1, 0.15) is 11.3 Å². The van der Waals surface area contributed by atoms with Crippen molar-refractivity contribution in [3.05, 3.63) is 84.0 Å². The predicted molar refractivity (Wildman–Crippen MR) is 130 cm³/mol. The van der Waals surface area contributed by atoms with Gasteiger partial charge in [-0.25, -0.2) is 0 Å². The van der Waals surface area contributed by atoms with E-state index < -0.39 is 0 Å². The van der Waals surface area contributed by atoms with E-state index in [0.717, 1.165) is 32.0 Å². The highest BCUT2D eigenvalue weighted by atomic mass is 16.5. The van der Waals surface area contributed by atoms with Crippen molar-refractivity contribution in [3.8, 4) is 5.75 Å². The maximum atomic E-state index is 12.3. The molecule has 1 fully saturated rings. The minimum atomic E-state index is -0.355. The minimum absolute atomic E-state index is 0.127. The Labute approximate surface area is 196 Å². The molecule has 0 aliphatic carbocycles. The lowest BCUT2D eigenvalue weighted by Gasteiger charge is -2.28. The van der Waals surface area contributed by atoms with Gasteiger partial charge in [0.15, 0.2) is 11.5 Å². The van der Waals surface area contributed by atoms with Gasteiger partial charge in [0, 0.05) is 42.2 Å². The van der Waals surface area contributed by atoms with Crippen LogP contribution in [0.2, 0.25) is 0 Å². The Hall–Kier alpha value is -4.30. The number of fused-ring (bicyclic) bond motifs is 1. The quantitative estimate of drug-likeness (QED) is 0.560. The van der Waals surface area contributed by atoms with Crippen LogP contribution < -0.4 is 20.3 Å². The van der Waals surface area contributed by atoms with Crippen LogP contribution in [0, 0.1) is 0 Å². The molecule has 3 aromatic rings. The highest BCUT2D eigenvalue weighted by molar-refractivity contribution is 6.08. The van der Waals surface area contributed by atoms with Crippen molar-refractivity contribution in [1.82, 2.24) is 0 Å². The van der Waals surface area contributed by atoms with Crippen LogP contribution in [0.4, 0.5) is 17.1 Å². The molecule has 34 heavy (non-hydrogen) atoms. The summed E-state index contributed by atoms with van der Waals surface area (Å²) in [5, 5.41) is 5.62. The van der Waals surface area contributed by atoms with E-state index in [1.807, 2.05) is 36.4 Å². The molecule has 0 saturated carbocycles. The molecule has 2 amide bonds. The van der Waals surface area contributed by atoms with Crippen LogP contribution >= 0.6 is 0 Å². The predicted octanol–water partition coefficient (Wildman–Crippen LogP) is 4.14. The van der Waals surface area contributed by atoms with Gasteiger partial charge in [-0.3, -0.25) is 9.59 Å². The van der Waals surface area contributed by atoms with Gasteiger partial charge in [0.2, 0.25) is 5.91 Å². The third-order valence-corrected chi connectivity index (χ3v) is 5.43. The minimum Gasteiger partial charge on any atom is -0.464 e. The lowest BCUT2D eigenvalue weighted by atomic mass is 10.2. The van der Waals surface area contributed by atoms with Crippen LogP contribution in [-0.2, 0) is 14.3 Å². The number of hydrogen-bond acceptors (Lipinski definition) is 6. The van der Waals surface area contributed by atoms with Gasteiger partial charge in [0.25, 0.3) is 5.91 Å². The first-order chi connectivity index (χ1) is 16.6. The normalized spacial score (nSPS) is 16.8. The third-order valence-electron chi connectivity index (χ3n) is 5.43. The number of hydrogen-bond donors (Lipinski definition) is 2. The lowest BCUT2D eigenvalue weighted by molar-refractivity contribution is -0.115. The molecule has 172 valence electrons. The Balaban J connectivity index is 1.19. The van der Waals surface area contributed by atoms with Crippen molar-refractivity contribution < 1.29 is 23.5 Å². The molecule has 8 nitrogen and oxygen atoms in total. The molecule has 2 aromatic carbocycles. The van der Waals surface area contributed by atoms with Gasteiger partial charge in [-0.2, -0.15) is 0 Å². The number of nitrogens with one attached hydrogen (secondary N) is 2. The summed E-state index contributed by atoms with van der Waals surface area (Å²) in [6.45, 7) is 3.18. The molecule has 1 saturated heterocycles. The lowest BCUT2D eigenvalue weighted by Crippen LogP contribution is -2.36. The van der Waals surface area contributed by atoms with Crippen molar-refractivity contribution in [1.29, 1.82) is 0 Å². The third kappa shape index (κ3) is 5.02. The fraction of sp³-hybridized carbons (Fsp3) is 0.154. The first kappa shape index (κ1) is 21.5. The number of carbonyl (C=O) groups is 2. The summed E-state index contributed by atoms with van der Waals surface area (Å²) in [6.07, 6.45) is 6.08. The molecule has 5 rings (SSSR count). The molecule has 8 heteroatoms. The van der Waals surface area contributed by atoms with Gasteiger partial charge in [-0.15, -0.1) is 0 Å². The number of ether oxygens (including phenoxy) is 2. The first-order valence-corrected chi connectivity index (χ1v) is 10.9. The van der Waals surface area contributed by atoms with Gasteiger partial charge >= 0.3 is 0 Å². The largest absolute Gasteiger partial charge is 0.464 e. The molecular weight excluding hydrogens is 434 g/mol. The second-order valence-corrected chi connectivity index (χ2v) is 7.81. The average Bonchev–Trinajstić information content (AvgIpc) is 3.32. The molecule has 0 atom stereocenters. The second kappa shape index (κ2) is 9.68. The molecule has 2 aliphatic rings. The van der Waals surface area contributed by atoms with Crippen LogP contribution in [0.3, 0.4) is 0 Å². The van der Waals surface area contributed by atoms with E-state index in [1.165, 1.54) is 18.4 Å². The van der Waals surface area contributed by atoms with Crippen LogP contribution in [-0.4, -0.2) is 38.1 Å². The second-order valence-electron chi connectivity index (χ2n) is 7.81. The number of para-hydroxylation sites is 2. The number of amides is 2. The van der Waals surface area contributed by atoms with E-state index in [1.54, 1.807) is 24.3 Å². The summed E-state index contributed by atoms with van der Waals surface area (Å²) in [5.74, 6) is 0.512. The van der Waals surface area contributed by atoms with E-state index in [2.05, 4.69) is 15.5 Å². The summed E-state index contributed by atoms with van der Waals surface area (Å²) in [7, 11) is 0. The number of carbonyl (C=O) groups excluding carboxylic acids is 2. The van der Waals surface area contributed by atoms with E-state index in [9.17, 15) is 9.59 Å². The molecular formula is C26H23N3O5. The topological polar surface area (TPSA) is 93.0 Å². The zero-order valence-corrected chi connectivity index (χ0v) is 18.3. The first-order valence-electron chi connectivity index (χ1n) is 10.9. The van der Waals surface area contributed by atoms with E-state index in [-0.39, 0.29) is 17.6 Å². The fourth-order valence-electron chi connectivity index (χ4n) is 3.70. The molecule has 2 N–H and O–H groups in total. The maximum absolute atomic E-state index is 12.3. The SMILES string of the molecule is O=C(/C=C/c1coc(/C=C2\Oc3ccccc3NC2=O)c1)Nc1ccc(N2CCOCC2)cc1. The number of benzene rings is 2. The number of rotatable bonds is 5. The molecule has 3 heterocycles. The standard InChI is InChI=1S/C26H23N3O5/c30-25(27-19-6-8-20(9-7-19)29-11-13-32-14-12-29)10-5-18-15-21(33-17-18)16-24-26(31)28-22-3-1-2-4-23(22)34-24/h1-10,15-17H,11-14H2,(H,27,30)(H,28,31)/b10-5+,24-16-. The Morgan fingerprint density at radius 1 is 1.06 bits per heavy atom. The Bertz CT molecular complexity index is 1250. The summed E-state index contributed by atoms with van der Waals surface area (Å²) in [4.78, 5) is 26.8. The Morgan fingerprint density at radius 2 is 1.85 bits per heavy atom. The fourth-order valence-corrected chi connectivity index (χ4v) is 3.70. The smallest absolute Gasteiger partial charge is 0.291 e. The Kier molecular flexibility index (Phi) is 6.13. The average molecular weight is 457 g/mol. The molecule has 0 radical (unpaired) electrons. The number of morpholine rings is 1. The van der Waals surface area contributed by atoms with Gasteiger partial charge in [-0.1, -0.05) is 12.1 Å². The van der Waals surface area contributed by atoms with Crippen LogP contribution in [0.25, 0.3) is 12.2 Å². The number of furan rings is 1. The van der Waals surface area contributed by atoms with Crippen molar-refractivity contribution >= 4 is 41.0 Å². The van der Waals surface area contributed by atoms with E-state index in [0.29, 0.717) is 28.4 Å². The summed E-state index contributed by atoms with van der Waals surface area (Å²) >= 11 is 0. The van der Waals surface area contributed by atoms with Gasteiger partial charge in [0.05, 0.1) is 25.2 Å². The number of anilines is 3. The van der Waals surface area contributed by atoms with Crippen LogP contribution in [0.5, 0.6) is 5.75 Å². The summed E-state index contributed by atoms with van der Waals surface area (Å²) < 4.78 is 16.5. The number of nitrogens with zero attached hydrogens (tertiary/aromatic N) is 1. The molecule has 0 unspecified atom stereocenters. The van der Waals surface area contributed by atoms with Crippen molar-refractivity contribution in [2.75, 3.05) is 41.8 Å². The zero-order chi connectivity index (χ0) is 23.3. The monoisotopic (exact) mass is 457 g/mol. The summed E-state index contributed by atoms with van der Waals surface area (Å²) in [5.41, 5.74) is 3.12. The Morgan fingerprint density at radius 3 is 2.68 bits per heavy atom. The van der Waals surface area contributed by atoms with E-state index in [4.69, 9.17) is 13.9 Å². The van der Waals surface area contributed by atoms with Crippen molar-refractivity contribution in [3.63, 3.8) is 0 Å². The molecule has 1 aromatic heterocycles. The van der Waals surface area contributed by atoms with Crippen molar-refractivity contribution in [2.24, 2.45) is 0 Å². The molecule has 2 aliphatic heterocycles. The summed E-state index contributed by atoms with van der Waals surface area (Å²) in [6, 6.07) is 16.6. The highest BCUT2D eigenvalue weighted by Crippen LogP contribution is 2.31. The highest BCUT2D eigenvalue weighted by Gasteiger charge is 2.22. The zero-order valence-electron chi connectivity index (χ0n) is 18.3. The van der Waals surface area contributed by atoms with E-state index >= 15 is 0 Å². The maximum Gasteiger partial charge on any atom is 0.291 e. The molecule has 0 bridgehead atoms. The van der Waals surface area contributed by atoms with Crippen molar-refractivity contribution in [2.45, 2.75) is 0 Å².